The van der Waals surface area contributed by atoms with Gasteiger partial charge in [0, 0.05) is 11.4 Å². The lowest BCUT2D eigenvalue weighted by atomic mass is 9.91. The van der Waals surface area contributed by atoms with Crippen LogP contribution in [-0.2, 0) is 11.2 Å². The molecule has 0 saturated carbocycles. The number of nitrogens with two attached hydrogens (primary N) is 1. The van der Waals surface area contributed by atoms with Crippen LogP contribution in [0.15, 0.2) is 48.5 Å². The Balaban J connectivity index is 2.26. The van der Waals surface area contributed by atoms with Crippen LogP contribution in [0.2, 0.25) is 5.02 Å². The summed E-state index contributed by atoms with van der Waals surface area (Å²) in [5, 5.41) is 3.52. The van der Waals surface area contributed by atoms with Crippen LogP contribution in [0.1, 0.15) is 12.5 Å². The maximum atomic E-state index is 13.7. The number of carbonyl (C=O) groups excluding carboxylic acids is 1. The van der Waals surface area contributed by atoms with Crippen molar-refractivity contribution < 1.29 is 9.18 Å². The molecular weight excluding hydrogens is 291 g/mol. The first-order chi connectivity index (χ1) is 9.90. The molecule has 0 saturated heterocycles. The summed E-state index contributed by atoms with van der Waals surface area (Å²) in [4.78, 5) is 11.8. The Morgan fingerprint density at radius 3 is 2.43 bits per heavy atom. The molecule has 1 unspecified atom stereocenters. The van der Waals surface area contributed by atoms with E-state index in [2.05, 4.69) is 5.32 Å². The average molecular weight is 307 g/mol. The molecule has 3 nitrogen and oxygen atoms in total. The fraction of sp³-hybridized carbons (Fsp3) is 0.188. The lowest BCUT2D eigenvalue weighted by Gasteiger charge is -2.29. The molecule has 0 heterocycles. The minimum absolute atomic E-state index is 0.243. The molecule has 2 rings (SSSR count). The van der Waals surface area contributed by atoms with Gasteiger partial charge in [-0.05, 0) is 36.8 Å². The van der Waals surface area contributed by atoms with E-state index in [4.69, 9.17) is 17.3 Å². The number of primary amides is 1. The van der Waals surface area contributed by atoms with Gasteiger partial charge in [-0.25, -0.2) is 4.39 Å². The van der Waals surface area contributed by atoms with Crippen molar-refractivity contribution in [2.75, 3.05) is 5.32 Å². The standard InChI is InChI=1S/C16H16ClFN2O/c1-16(15(19)21,10-11-6-8-12(17)9-7-11)20-14-5-3-2-4-13(14)18/h2-9,20H,10H2,1H3,(H2,19,21). The van der Waals surface area contributed by atoms with Gasteiger partial charge in [0.1, 0.15) is 11.4 Å². The number of rotatable bonds is 5. The van der Waals surface area contributed by atoms with Crippen molar-refractivity contribution >= 4 is 23.2 Å². The Hall–Kier alpha value is -2.07. The van der Waals surface area contributed by atoms with E-state index in [1.807, 2.05) is 12.1 Å². The Morgan fingerprint density at radius 1 is 1.24 bits per heavy atom. The van der Waals surface area contributed by atoms with Gasteiger partial charge in [-0.3, -0.25) is 4.79 Å². The summed E-state index contributed by atoms with van der Waals surface area (Å²) in [6, 6.07) is 13.3. The molecule has 1 atom stereocenters. The fourth-order valence-corrected chi connectivity index (χ4v) is 2.19. The number of amides is 1. The van der Waals surface area contributed by atoms with Crippen LogP contribution in [0, 0.1) is 5.82 Å². The van der Waals surface area contributed by atoms with Crippen molar-refractivity contribution in [3.8, 4) is 0 Å². The predicted molar refractivity (Wildman–Crippen MR) is 82.8 cm³/mol. The molecule has 2 aromatic rings. The molecule has 5 heteroatoms. The Bertz CT molecular complexity index is 645. The van der Waals surface area contributed by atoms with Gasteiger partial charge in [0.05, 0.1) is 5.69 Å². The third-order valence-electron chi connectivity index (χ3n) is 3.30. The van der Waals surface area contributed by atoms with Gasteiger partial charge in [-0.15, -0.1) is 0 Å². The number of benzene rings is 2. The molecule has 21 heavy (non-hydrogen) atoms. The normalized spacial score (nSPS) is 13.5. The summed E-state index contributed by atoms with van der Waals surface area (Å²) in [6.07, 6.45) is 0.327. The molecule has 3 N–H and O–H groups in total. The first kappa shape index (κ1) is 15.3. The second-order valence-corrected chi connectivity index (χ2v) is 5.54. The summed E-state index contributed by atoms with van der Waals surface area (Å²) in [7, 11) is 0. The first-order valence-electron chi connectivity index (χ1n) is 6.48. The van der Waals surface area contributed by atoms with E-state index >= 15 is 0 Å². The lowest BCUT2D eigenvalue weighted by Crippen LogP contribution is -2.49. The highest BCUT2D eigenvalue weighted by Crippen LogP contribution is 2.23. The van der Waals surface area contributed by atoms with Crippen LogP contribution < -0.4 is 11.1 Å². The molecule has 0 radical (unpaired) electrons. The van der Waals surface area contributed by atoms with E-state index in [0.29, 0.717) is 11.4 Å². The first-order valence-corrected chi connectivity index (χ1v) is 6.85. The highest BCUT2D eigenvalue weighted by Gasteiger charge is 2.32. The average Bonchev–Trinajstić information content (AvgIpc) is 2.44. The smallest absolute Gasteiger partial charge is 0.243 e. The molecule has 0 bridgehead atoms. The van der Waals surface area contributed by atoms with Gasteiger partial charge in [-0.1, -0.05) is 35.9 Å². The van der Waals surface area contributed by atoms with Gasteiger partial charge in [0.2, 0.25) is 5.91 Å². The van der Waals surface area contributed by atoms with E-state index in [1.165, 1.54) is 6.07 Å². The molecule has 0 aliphatic carbocycles. The Kier molecular flexibility index (Phi) is 4.48. The second-order valence-electron chi connectivity index (χ2n) is 5.10. The predicted octanol–water partition coefficient (Wildman–Crippen LogP) is 3.38. The molecule has 0 fully saturated rings. The Labute approximate surface area is 127 Å². The molecule has 1 amide bonds. The van der Waals surface area contributed by atoms with Crippen LogP contribution in [0.4, 0.5) is 10.1 Å². The fourth-order valence-electron chi connectivity index (χ4n) is 2.06. The monoisotopic (exact) mass is 306 g/mol. The summed E-state index contributed by atoms with van der Waals surface area (Å²) < 4.78 is 13.7. The second kappa shape index (κ2) is 6.14. The van der Waals surface area contributed by atoms with Crippen LogP contribution in [-0.4, -0.2) is 11.4 Å². The van der Waals surface area contributed by atoms with Crippen LogP contribution in [0.25, 0.3) is 0 Å². The van der Waals surface area contributed by atoms with Crippen molar-refractivity contribution in [3.05, 3.63) is 64.9 Å². The zero-order chi connectivity index (χ0) is 15.5. The quantitative estimate of drug-likeness (QED) is 0.890. The number of hydrogen-bond donors (Lipinski definition) is 2. The molecule has 0 aliphatic heterocycles. The zero-order valence-corrected chi connectivity index (χ0v) is 12.3. The van der Waals surface area contributed by atoms with Crippen molar-refractivity contribution in [2.24, 2.45) is 5.73 Å². The van der Waals surface area contributed by atoms with Crippen molar-refractivity contribution in [1.29, 1.82) is 0 Å². The third-order valence-corrected chi connectivity index (χ3v) is 3.55. The maximum absolute atomic E-state index is 13.7. The minimum atomic E-state index is -1.10. The third kappa shape index (κ3) is 3.73. The van der Waals surface area contributed by atoms with Gasteiger partial charge < -0.3 is 11.1 Å². The Morgan fingerprint density at radius 2 is 1.86 bits per heavy atom. The molecule has 0 aromatic heterocycles. The number of halogens is 2. The number of carbonyl (C=O) groups is 1. The summed E-state index contributed by atoms with van der Waals surface area (Å²) in [6.45, 7) is 1.65. The van der Waals surface area contributed by atoms with E-state index in [-0.39, 0.29) is 5.69 Å². The number of nitrogens with one attached hydrogen (secondary N) is 1. The maximum Gasteiger partial charge on any atom is 0.243 e. The number of para-hydroxylation sites is 1. The van der Waals surface area contributed by atoms with E-state index in [9.17, 15) is 9.18 Å². The van der Waals surface area contributed by atoms with E-state index in [0.717, 1.165) is 5.56 Å². The molecule has 2 aromatic carbocycles. The van der Waals surface area contributed by atoms with E-state index in [1.54, 1.807) is 37.3 Å². The lowest BCUT2D eigenvalue weighted by molar-refractivity contribution is -0.121. The zero-order valence-electron chi connectivity index (χ0n) is 11.6. The molecular formula is C16H16ClFN2O. The van der Waals surface area contributed by atoms with Crippen LogP contribution >= 0.6 is 11.6 Å². The van der Waals surface area contributed by atoms with Crippen molar-refractivity contribution in [2.45, 2.75) is 18.9 Å². The van der Waals surface area contributed by atoms with Crippen molar-refractivity contribution in [3.63, 3.8) is 0 Å². The SMILES string of the molecule is CC(Cc1ccc(Cl)cc1)(Nc1ccccc1F)C(N)=O. The van der Waals surface area contributed by atoms with Gasteiger partial charge in [0.25, 0.3) is 0 Å². The molecule has 110 valence electrons. The van der Waals surface area contributed by atoms with Crippen LogP contribution in [0.3, 0.4) is 0 Å². The van der Waals surface area contributed by atoms with Crippen molar-refractivity contribution in [1.82, 2.24) is 0 Å². The topological polar surface area (TPSA) is 55.1 Å². The summed E-state index contributed by atoms with van der Waals surface area (Å²) in [5.74, 6) is -0.984. The van der Waals surface area contributed by atoms with Gasteiger partial charge >= 0.3 is 0 Å². The van der Waals surface area contributed by atoms with E-state index < -0.39 is 17.3 Å². The minimum Gasteiger partial charge on any atom is -0.369 e. The number of anilines is 1. The highest BCUT2D eigenvalue weighted by molar-refractivity contribution is 6.30. The van der Waals surface area contributed by atoms with Gasteiger partial charge in [-0.2, -0.15) is 0 Å². The summed E-state index contributed by atoms with van der Waals surface area (Å²) in [5.41, 5.74) is 5.52. The highest BCUT2D eigenvalue weighted by atomic mass is 35.5. The number of hydrogen-bond acceptors (Lipinski definition) is 2. The van der Waals surface area contributed by atoms with Gasteiger partial charge in [0.15, 0.2) is 0 Å². The molecule has 0 spiro atoms. The largest absolute Gasteiger partial charge is 0.369 e. The summed E-state index contributed by atoms with van der Waals surface area (Å²) >= 11 is 5.84. The molecule has 0 aliphatic rings. The van der Waals surface area contributed by atoms with Crippen LogP contribution in [0.5, 0.6) is 0 Å².